The summed E-state index contributed by atoms with van der Waals surface area (Å²) in [7, 11) is 0. The number of alkyl halides is 3. The van der Waals surface area contributed by atoms with Crippen LogP contribution in [0.4, 0.5) is 17.1 Å². The Morgan fingerprint density at radius 3 is 2.25 bits per heavy atom. The number of benzene rings is 4. The SMILES string of the molecule is CCN(CC)c1ccc2c(c1)Oc1cc(C)c(Nc3ccc(C(Cl)(Cl)Cl)cc3)cc1C21OC(=O)c2ccccc21. The highest BCUT2D eigenvalue weighted by Crippen LogP contribution is 2.57. The van der Waals surface area contributed by atoms with Crippen molar-refractivity contribution in [3.63, 3.8) is 0 Å². The van der Waals surface area contributed by atoms with E-state index in [1.165, 1.54) is 0 Å². The van der Waals surface area contributed by atoms with Crippen LogP contribution >= 0.6 is 34.8 Å². The molecule has 2 aliphatic heterocycles. The van der Waals surface area contributed by atoms with Crippen molar-refractivity contribution in [1.82, 2.24) is 0 Å². The van der Waals surface area contributed by atoms with Gasteiger partial charge in [0.2, 0.25) is 3.79 Å². The molecule has 204 valence electrons. The van der Waals surface area contributed by atoms with Crippen LogP contribution in [0.1, 0.15) is 52.0 Å². The lowest BCUT2D eigenvalue weighted by molar-refractivity contribution is 0.0224. The minimum atomic E-state index is -1.50. The van der Waals surface area contributed by atoms with E-state index in [9.17, 15) is 4.79 Å². The molecule has 0 radical (unpaired) electrons. The van der Waals surface area contributed by atoms with Crippen molar-refractivity contribution >= 4 is 57.8 Å². The molecule has 0 aromatic heterocycles. The number of aryl methyl sites for hydroxylation is 1. The van der Waals surface area contributed by atoms with E-state index < -0.39 is 9.39 Å². The van der Waals surface area contributed by atoms with Gasteiger partial charge in [-0.1, -0.05) is 65.1 Å². The summed E-state index contributed by atoms with van der Waals surface area (Å²) < 4.78 is 11.4. The van der Waals surface area contributed by atoms with E-state index in [0.29, 0.717) is 22.6 Å². The van der Waals surface area contributed by atoms with Crippen LogP contribution < -0.4 is 15.0 Å². The number of fused-ring (bicyclic) bond motifs is 6. The van der Waals surface area contributed by atoms with E-state index in [-0.39, 0.29) is 5.97 Å². The zero-order valence-corrected chi connectivity index (χ0v) is 24.5. The van der Waals surface area contributed by atoms with Crippen molar-refractivity contribution in [2.24, 2.45) is 0 Å². The van der Waals surface area contributed by atoms with Gasteiger partial charge in [0.15, 0.2) is 5.60 Å². The molecule has 1 N–H and O–H groups in total. The normalized spacial score (nSPS) is 17.0. The van der Waals surface area contributed by atoms with E-state index in [1.807, 2.05) is 67.6 Å². The van der Waals surface area contributed by atoms with Gasteiger partial charge in [-0.2, -0.15) is 0 Å². The second-order valence-corrected chi connectivity index (χ2v) is 12.2. The maximum absolute atomic E-state index is 13.3. The summed E-state index contributed by atoms with van der Waals surface area (Å²) in [5.74, 6) is 0.951. The van der Waals surface area contributed by atoms with E-state index in [1.54, 1.807) is 12.1 Å². The molecule has 1 unspecified atom stereocenters. The fraction of sp³-hybridized carbons (Fsp3) is 0.219. The molecule has 2 aliphatic rings. The van der Waals surface area contributed by atoms with E-state index in [0.717, 1.165) is 52.4 Å². The van der Waals surface area contributed by atoms with Crippen molar-refractivity contribution in [2.45, 2.75) is 30.2 Å². The maximum atomic E-state index is 13.3. The number of rotatable bonds is 5. The van der Waals surface area contributed by atoms with Crippen LogP contribution in [0, 0.1) is 6.92 Å². The van der Waals surface area contributed by atoms with Gasteiger partial charge >= 0.3 is 5.97 Å². The van der Waals surface area contributed by atoms with Gasteiger partial charge in [-0.3, -0.25) is 0 Å². The Hall–Kier alpha value is -3.38. The smallest absolute Gasteiger partial charge is 0.340 e. The van der Waals surface area contributed by atoms with Crippen LogP contribution in [0.2, 0.25) is 0 Å². The van der Waals surface area contributed by atoms with Crippen LogP contribution in [0.5, 0.6) is 11.5 Å². The first-order valence-corrected chi connectivity index (χ1v) is 14.3. The van der Waals surface area contributed by atoms with Gasteiger partial charge in [-0.05, 0) is 68.8 Å². The zero-order chi connectivity index (χ0) is 28.2. The summed E-state index contributed by atoms with van der Waals surface area (Å²) in [4.78, 5) is 15.5. The molecule has 2 heterocycles. The molecule has 0 amide bonds. The molecular formula is C32H27Cl3N2O3. The number of anilines is 3. The maximum Gasteiger partial charge on any atom is 0.340 e. The standard InChI is InChI=1S/C32H27Cl3N2O3/c1-4-37(5-2)22-14-15-25-29(17-22)39-28-16-19(3)27(36-21-12-10-20(11-13-21)32(33,34)35)18-26(28)31(25)24-9-7-6-8-23(24)30(38)40-31/h6-18,36H,4-5H2,1-3H3. The minimum Gasteiger partial charge on any atom is -0.456 e. The lowest BCUT2D eigenvalue weighted by Crippen LogP contribution is -2.33. The molecule has 4 aromatic rings. The number of esters is 1. The van der Waals surface area contributed by atoms with Gasteiger partial charge in [0, 0.05) is 58.5 Å². The monoisotopic (exact) mass is 592 g/mol. The largest absolute Gasteiger partial charge is 0.456 e. The zero-order valence-electron chi connectivity index (χ0n) is 22.2. The molecule has 0 saturated carbocycles. The highest BCUT2D eigenvalue weighted by atomic mass is 35.6. The number of hydrogen-bond acceptors (Lipinski definition) is 5. The minimum absolute atomic E-state index is 0.361. The summed E-state index contributed by atoms with van der Waals surface area (Å²) in [5, 5.41) is 3.47. The van der Waals surface area contributed by atoms with Gasteiger partial charge in [0.25, 0.3) is 0 Å². The molecule has 4 aromatic carbocycles. The average Bonchev–Trinajstić information content (AvgIpc) is 3.23. The Kier molecular flexibility index (Phi) is 6.65. The third-order valence-corrected chi connectivity index (χ3v) is 8.32. The molecule has 40 heavy (non-hydrogen) atoms. The average molecular weight is 594 g/mol. The molecule has 6 rings (SSSR count). The Balaban J connectivity index is 1.51. The summed E-state index contributed by atoms with van der Waals surface area (Å²) in [6.45, 7) is 7.99. The third kappa shape index (κ3) is 4.28. The lowest BCUT2D eigenvalue weighted by Gasteiger charge is -2.37. The molecular weight excluding hydrogens is 567 g/mol. The van der Waals surface area contributed by atoms with Gasteiger partial charge in [-0.15, -0.1) is 0 Å². The first-order valence-electron chi connectivity index (χ1n) is 13.1. The quantitative estimate of drug-likeness (QED) is 0.185. The summed E-state index contributed by atoms with van der Waals surface area (Å²) >= 11 is 18.1. The molecule has 0 saturated heterocycles. The van der Waals surface area contributed by atoms with Crippen LogP contribution in [-0.2, 0) is 14.1 Å². The topological polar surface area (TPSA) is 50.8 Å². The number of nitrogens with one attached hydrogen (secondary N) is 1. The van der Waals surface area contributed by atoms with Crippen LogP contribution in [0.25, 0.3) is 0 Å². The van der Waals surface area contributed by atoms with Crippen molar-refractivity contribution in [2.75, 3.05) is 23.3 Å². The van der Waals surface area contributed by atoms with Crippen molar-refractivity contribution in [3.05, 3.63) is 112 Å². The number of hydrogen-bond donors (Lipinski definition) is 1. The summed E-state index contributed by atoms with van der Waals surface area (Å²) in [5.41, 5.74) is 5.97. The Morgan fingerprint density at radius 2 is 1.55 bits per heavy atom. The summed E-state index contributed by atoms with van der Waals surface area (Å²) in [6, 6.07) is 24.9. The predicted octanol–water partition coefficient (Wildman–Crippen LogP) is 8.98. The van der Waals surface area contributed by atoms with Crippen molar-refractivity contribution in [1.29, 1.82) is 0 Å². The van der Waals surface area contributed by atoms with Crippen LogP contribution in [0.15, 0.2) is 78.9 Å². The van der Waals surface area contributed by atoms with Gasteiger partial charge in [-0.25, -0.2) is 4.79 Å². The van der Waals surface area contributed by atoms with Crippen LogP contribution in [0.3, 0.4) is 0 Å². The molecule has 0 bridgehead atoms. The number of carbonyl (C=O) groups excluding carboxylic acids is 1. The second kappa shape index (κ2) is 9.91. The molecule has 8 heteroatoms. The van der Waals surface area contributed by atoms with E-state index in [2.05, 4.69) is 30.1 Å². The Labute approximate surface area is 248 Å². The first kappa shape index (κ1) is 26.8. The molecule has 0 aliphatic carbocycles. The highest BCUT2D eigenvalue weighted by molar-refractivity contribution is 6.66. The number of ether oxygens (including phenoxy) is 2. The number of carbonyl (C=O) groups is 1. The Bertz CT molecular complexity index is 1630. The van der Waals surface area contributed by atoms with Gasteiger partial charge in [0.1, 0.15) is 11.5 Å². The first-order chi connectivity index (χ1) is 19.2. The fourth-order valence-corrected chi connectivity index (χ4v) is 6.00. The molecule has 5 nitrogen and oxygen atoms in total. The van der Waals surface area contributed by atoms with Gasteiger partial charge < -0.3 is 19.7 Å². The van der Waals surface area contributed by atoms with Crippen LogP contribution in [-0.4, -0.2) is 19.1 Å². The fourth-order valence-electron chi connectivity index (χ4n) is 5.63. The highest BCUT2D eigenvalue weighted by Gasteiger charge is 2.53. The van der Waals surface area contributed by atoms with Crippen molar-refractivity contribution < 1.29 is 14.3 Å². The lowest BCUT2D eigenvalue weighted by atomic mass is 9.77. The van der Waals surface area contributed by atoms with E-state index >= 15 is 0 Å². The Morgan fingerprint density at radius 1 is 0.850 bits per heavy atom. The second-order valence-electron chi connectivity index (χ2n) is 9.93. The number of nitrogens with zero attached hydrogens (tertiary/aromatic N) is 1. The van der Waals surface area contributed by atoms with Crippen molar-refractivity contribution in [3.8, 4) is 11.5 Å². The van der Waals surface area contributed by atoms with E-state index in [4.69, 9.17) is 44.3 Å². The predicted molar refractivity (Wildman–Crippen MR) is 162 cm³/mol. The third-order valence-electron chi connectivity index (χ3n) is 7.66. The molecule has 1 spiro atoms. The summed E-state index contributed by atoms with van der Waals surface area (Å²) in [6.07, 6.45) is 0. The molecule has 1 atom stereocenters. The number of halogens is 3. The van der Waals surface area contributed by atoms with Gasteiger partial charge in [0.05, 0.1) is 5.56 Å². The molecule has 0 fully saturated rings.